The Kier molecular flexibility index (Phi) is 4.79. The van der Waals surface area contributed by atoms with Gasteiger partial charge in [-0.3, -0.25) is 9.63 Å². The molecule has 5 heteroatoms. The molecule has 0 spiro atoms. The van der Waals surface area contributed by atoms with Crippen LogP contribution in [0.25, 0.3) is 0 Å². The fourth-order valence-electron chi connectivity index (χ4n) is 1.000. The molecular weight excluding hydrogens is 224 g/mol. The number of thiocarbonyl (C=S) groups is 1. The van der Waals surface area contributed by atoms with Gasteiger partial charge in [-0.05, 0) is 44.3 Å². The molecule has 0 saturated heterocycles. The third-order valence-corrected chi connectivity index (χ3v) is 1.76. The van der Waals surface area contributed by atoms with Crippen molar-refractivity contribution in [1.29, 1.82) is 0 Å². The van der Waals surface area contributed by atoms with Gasteiger partial charge >= 0.3 is 0 Å². The maximum absolute atomic E-state index is 11.6. The summed E-state index contributed by atoms with van der Waals surface area (Å²) < 4.78 is 0. The fourth-order valence-corrected chi connectivity index (χ4v) is 1.11. The Bertz CT molecular complexity index is 426. The molecule has 4 nitrogen and oxygen atoms in total. The van der Waals surface area contributed by atoms with E-state index in [9.17, 15) is 4.79 Å². The zero-order valence-electron chi connectivity index (χ0n) is 9.06. The Morgan fingerprint density at radius 2 is 2.31 bits per heavy atom. The number of nitrogens with one attached hydrogen (secondary N) is 1. The highest BCUT2D eigenvalue weighted by Crippen LogP contribution is 2.13. The normalized spacial score (nSPS) is 9.69. The molecule has 1 aromatic rings. The van der Waals surface area contributed by atoms with E-state index in [1.165, 1.54) is 0 Å². The van der Waals surface area contributed by atoms with E-state index < -0.39 is 0 Å². The number of nitrogens with zero attached hydrogens (tertiary/aromatic N) is 1. The van der Waals surface area contributed by atoms with Gasteiger partial charge in [0.15, 0.2) is 0 Å². The Labute approximate surface area is 99.3 Å². The lowest BCUT2D eigenvalue weighted by molar-refractivity contribution is 0.000193. The molecule has 0 unspecified atom stereocenters. The summed E-state index contributed by atoms with van der Waals surface area (Å²) in [6, 6.07) is 6.73. The molecule has 1 amide bonds. The van der Waals surface area contributed by atoms with E-state index in [2.05, 4.69) is 27.9 Å². The van der Waals surface area contributed by atoms with Crippen molar-refractivity contribution in [2.24, 2.45) is 4.99 Å². The molecule has 1 rings (SSSR count). The lowest BCUT2D eigenvalue weighted by atomic mass is 10.2. The highest BCUT2D eigenvalue weighted by molar-refractivity contribution is 7.78. The molecule has 0 saturated carbocycles. The Morgan fingerprint density at radius 1 is 1.56 bits per heavy atom. The fraction of sp³-hybridized carbons (Fsp3) is 0.273. The van der Waals surface area contributed by atoms with Crippen molar-refractivity contribution in [3.63, 3.8) is 0 Å². The summed E-state index contributed by atoms with van der Waals surface area (Å²) in [4.78, 5) is 20.4. The van der Waals surface area contributed by atoms with Crippen molar-refractivity contribution in [3.8, 4) is 0 Å². The van der Waals surface area contributed by atoms with Gasteiger partial charge in [0.05, 0.1) is 17.0 Å². The van der Waals surface area contributed by atoms with Gasteiger partial charge in [-0.25, -0.2) is 5.48 Å². The van der Waals surface area contributed by atoms with Crippen LogP contribution in [0.2, 0.25) is 0 Å². The zero-order valence-corrected chi connectivity index (χ0v) is 9.88. The molecule has 1 N–H and O–H groups in total. The first-order chi connectivity index (χ1) is 7.63. The first-order valence-corrected chi connectivity index (χ1v) is 5.18. The summed E-state index contributed by atoms with van der Waals surface area (Å²) in [5.74, 6) is -0.310. The summed E-state index contributed by atoms with van der Waals surface area (Å²) in [6.45, 7) is 3.65. The average molecular weight is 236 g/mol. The van der Waals surface area contributed by atoms with E-state index in [-0.39, 0.29) is 12.0 Å². The first kappa shape index (κ1) is 12.5. The summed E-state index contributed by atoms with van der Waals surface area (Å²) in [7, 11) is 0. The topological polar surface area (TPSA) is 50.7 Å². The molecule has 0 aromatic heterocycles. The highest BCUT2D eigenvalue weighted by atomic mass is 32.1. The van der Waals surface area contributed by atoms with Gasteiger partial charge < -0.3 is 0 Å². The lowest BCUT2D eigenvalue weighted by Gasteiger charge is -2.08. The summed E-state index contributed by atoms with van der Waals surface area (Å²) in [5.41, 5.74) is 3.40. The van der Waals surface area contributed by atoms with Gasteiger partial charge in [-0.1, -0.05) is 6.07 Å². The number of hydroxylamine groups is 1. The van der Waals surface area contributed by atoms with E-state index in [0.29, 0.717) is 11.3 Å². The number of hydrogen-bond donors (Lipinski definition) is 1. The third-order valence-electron chi connectivity index (χ3n) is 1.67. The van der Waals surface area contributed by atoms with Crippen molar-refractivity contribution in [1.82, 2.24) is 5.48 Å². The van der Waals surface area contributed by atoms with Gasteiger partial charge in [0.1, 0.15) is 0 Å². The molecule has 1 aromatic carbocycles. The maximum Gasteiger partial charge on any atom is 0.274 e. The zero-order chi connectivity index (χ0) is 12.0. The molecule has 0 aliphatic heterocycles. The quantitative estimate of drug-likeness (QED) is 0.496. The summed E-state index contributed by atoms with van der Waals surface area (Å²) in [6.07, 6.45) is -0.0638. The molecule has 0 fully saturated rings. The van der Waals surface area contributed by atoms with Crippen molar-refractivity contribution >= 4 is 29.0 Å². The van der Waals surface area contributed by atoms with Gasteiger partial charge in [0.2, 0.25) is 0 Å². The minimum absolute atomic E-state index is 0.0638. The summed E-state index contributed by atoms with van der Waals surface area (Å²) >= 11 is 4.49. The van der Waals surface area contributed by atoms with E-state index in [0.717, 1.165) is 0 Å². The minimum Gasteiger partial charge on any atom is -0.271 e. The van der Waals surface area contributed by atoms with Crippen LogP contribution in [-0.4, -0.2) is 17.2 Å². The number of carbonyl (C=O) groups excluding carboxylic acids is 1. The van der Waals surface area contributed by atoms with Crippen molar-refractivity contribution in [2.45, 2.75) is 20.0 Å². The average Bonchev–Trinajstić information content (AvgIpc) is 2.26. The highest BCUT2D eigenvalue weighted by Gasteiger charge is 2.06. The Hall–Kier alpha value is -1.55. The standard InChI is InChI=1S/C11H12N2O2S/c1-8(2)15-13-11(14)9-4-3-5-10(6-9)12-7-16/h3-6,8H,1-2H3,(H,13,14). The number of rotatable bonds is 4. The van der Waals surface area contributed by atoms with Crippen molar-refractivity contribution in [3.05, 3.63) is 29.8 Å². The van der Waals surface area contributed by atoms with Crippen LogP contribution < -0.4 is 5.48 Å². The molecule has 0 bridgehead atoms. The van der Waals surface area contributed by atoms with Gasteiger partial charge in [-0.15, -0.1) is 0 Å². The molecule has 0 radical (unpaired) electrons. The number of amides is 1. The molecular formula is C11H12N2O2S. The molecule has 84 valence electrons. The second-order valence-corrected chi connectivity index (χ2v) is 3.53. The van der Waals surface area contributed by atoms with Gasteiger partial charge in [0, 0.05) is 5.56 Å². The molecule has 0 aliphatic rings. The number of carbonyl (C=O) groups is 1. The number of benzene rings is 1. The van der Waals surface area contributed by atoms with Crippen LogP contribution in [0.15, 0.2) is 29.3 Å². The van der Waals surface area contributed by atoms with Crippen LogP contribution >= 0.6 is 12.2 Å². The van der Waals surface area contributed by atoms with Crippen molar-refractivity contribution < 1.29 is 9.63 Å². The largest absolute Gasteiger partial charge is 0.274 e. The van der Waals surface area contributed by atoms with Crippen LogP contribution in [-0.2, 0) is 4.84 Å². The third kappa shape index (κ3) is 3.90. The minimum atomic E-state index is -0.310. The smallest absolute Gasteiger partial charge is 0.271 e. The van der Waals surface area contributed by atoms with Gasteiger partial charge in [-0.2, -0.15) is 4.99 Å². The van der Waals surface area contributed by atoms with Crippen LogP contribution in [0, 0.1) is 0 Å². The lowest BCUT2D eigenvalue weighted by Crippen LogP contribution is -2.26. The number of isothiocyanates is 1. The first-order valence-electron chi connectivity index (χ1n) is 4.77. The van der Waals surface area contributed by atoms with Crippen LogP contribution in [0.4, 0.5) is 5.69 Å². The van der Waals surface area contributed by atoms with Crippen LogP contribution in [0.5, 0.6) is 0 Å². The van der Waals surface area contributed by atoms with Crippen LogP contribution in [0.3, 0.4) is 0 Å². The number of hydrogen-bond acceptors (Lipinski definition) is 4. The number of aliphatic imine (C=N–C) groups is 1. The van der Waals surface area contributed by atoms with E-state index in [4.69, 9.17) is 4.84 Å². The Morgan fingerprint density at radius 3 is 2.94 bits per heavy atom. The van der Waals surface area contributed by atoms with Crippen molar-refractivity contribution in [2.75, 3.05) is 0 Å². The maximum atomic E-state index is 11.6. The van der Waals surface area contributed by atoms with E-state index >= 15 is 0 Å². The SMILES string of the molecule is CC(C)ONC(=O)c1cccc(N=C=S)c1. The van der Waals surface area contributed by atoms with E-state index in [1.54, 1.807) is 24.3 Å². The molecule has 0 aliphatic carbocycles. The molecule has 0 heterocycles. The van der Waals surface area contributed by atoms with E-state index in [1.807, 2.05) is 13.8 Å². The summed E-state index contributed by atoms with van der Waals surface area (Å²) in [5, 5.41) is 2.25. The monoisotopic (exact) mass is 236 g/mol. The van der Waals surface area contributed by atoms with Gasteiger partial charge in [0.25, 0.3) is 5.91 Å². The predicted octanol–water partition coefficient (Wildman–Crippen LogP) is 2.49. The van der Waals surface area contributed by atoms with Crippen LogP contribution in [0.1, 0.15) is 24.2 Å². The Balaban J connectivity index is 2.75. The molecule has 16 heavy (non-hydrogen) atoms. The predicted molar refractivity (Wildman–Crippen MR) is 64.8 cm³/mol. The second kappa shape index (κ2) is 6.12. The molecule has 0 atom stereocenters. The second-order valence-electron chi connectivity index (χ2n) is 3.35.